The largest absolute Gasteiger partial charge is 0.497 e. The Bertz CT molecular complexity index is 428. The van der Waals surface area contributed by atoms with Crippen LogP contribution in [0.2, 0.25) is 0 Å². The van der Waals surface area contributed by atoms with Crippen LogP contribution in [0.25, 0.3) is 0 Å². The maximum Gasteiger partial charge on any atom is 0.254 e. The molecule has 1 aliphatic heterocycles. The number of alkyl halides is 1. The Morgan fingerprint density at radius 2 is 1.89 bits per heavy atom. The number of amides is 1. The second-order valence-corrected chi connectivity index (χ2v) is 4.86. The predicted molar refractivity (Wildman–Crippen MR) is 69.7 cm³/mol. The molecular formula is C13H16ClNO3. The molecule has 1 fully saturated rings. The van der Waals surface area contributed by atoms with Gasteiger partial charge in [0, 0.05) is 24.7 Å². The van der Waals surface area contributed by atoms with Gasteiger partial charge < -0.3 is 14.4 Å². The number of carbonyl (C=O) groups is 1. The van der Waals surface area contributed by atoms with Crippen LogP contribution in [0.15, 0.2) is 18.2 Å². The third-order valence-corrected chi connectivity index (χ3v) is 3.37. The number of methoxy groups -OCH3 is 2. The summed E-state index contributed by atoms with van der Waals surface area (Å²) in [6.45, 7) is 1.30. The molecule has 1 amide bonds. The van der Waals surface area contributed by atoms with E-state index in [1.165, 1.54) is 0 Å². The highest BCUT2D eigenvalue weighted by Crippen LogP contribution is 2.25. The van der Waals surface area contributed by atoms with Gasteiger partial charge in [0.25, 0.3) is 5.91 Å². The van der Waals surface area contributed by atoms with Gasteiger partial charge in [0.1, 0.15) is 11.5 Å². The Morgan fingerprint density at radius 1 is 1.28 bits per heavy atom. The summed E-state index contributed by atoms with van der Waals surface area (Å²) in [6.07, 6.45) is 0.842. The summed E-state index contributed by atoms with van der Waals surface area (Å²) in [5, 5.41) is 0.0569. The Labute approximate surface area is 111 Å². The summed E-state index contributed by atoms with van der Waals surface area (Å²) in [7, 11) is 3.13. The first kappa shape index (κ1) is 13.0. The smallest absolute Gasteiger partial charge is 0.254 e. The number of halogens is 1. The molecule has 1 unspecified atom stereocenters. The zero-order chi connectivity index (χ0) is 13.1. The molecule has 1 saturated heterocycles. The lowest BCUT2D eigenvalue weighted by molar-refractivity contribution is 0.0792. The van der Waals surface area contributed by atoms with E-state index in [-0.39, 0.29) is 11.3 Å². The number of carbonyl (C=O) groups excluding carboxylic acids is 1. The monoisotopic (exact) mass is 269 g/mol. The fraction of sp³-hybridized carbons (Fsp3) is 0.462. The molecule has 5 heteroatoms. The molecule has 0 N–H and O–H groups in total. The molecule has 2 rings (SSSR count). The molecule has 0 bridgehead atoms. The van der Waals surface area contributed by atoms with Gasteiger partial charge >= 0.3 is 0 Å². The van der Waals surface area contributed by atoms with Gasteiger partial charge in [-0.05, 0) is 18.6 Å². The lowest BCUT2D eigenvalue weighted by atomic mass is 10.1. The molecule has 1 aromatic rings. The maximum atomic E-state index is 12.3. The first-order chi connectivity index (χ1) is 8.63. The minimum Gasteiger partial charge on any atom is -0.497 e. The molecule has 0 saturated carbocycles. The van der Waals surface area contributed by atoms with E-state index in [0.29, 0.717) is 30.2 Å². The third kappa shape index (κ3) is 2.70. The molecule has 0 spiro atoms. The molecule has 1 heterocycles. The highest BCUT2D eigenvalue weighted by Gasteiger charge is 2.26. The van der Waals surface area contributed by atoms with E-state index >= 15 is 0 Å². The van der Waals surface area contributed by atoms with Crippen LogP contribution in [0.5, 0.6) is 11.5 Å². The van der Waals surface area contributed by atoms with E-state index in [2.05, 4.69) is 0 Å². The quantitative estimate of drug-likeness (QED) is 0.790. The van der Waals surface area contributed by atoms with Gasteiger partial charge in [-0.3, -0.25) is 4.79 Å². The van der Waals surface area contributed by atoms with Crippen molar-refractivity contribution in [3.63, 3.8) is 0 Å². The number of nitrogens with zero attached hydrogens (tertiary/aromatic N) is 1. The predicted octanol–water partition coefficient (Wildman–Crippen LogP) is 2.16. The summed E-state index contributed by atoms with van der Waals surface area (Å²) in [6, 6.07) is 5.17. The standard InChI is InChI=1S/C13H16ClNO3/c1-17-11-5-9(6-12(7-11)18-2)13(16)15-4-3-10(14)8-15/h5-7,10H,3-4,8H2,1-2H3. The zero-order valence-electron chi connectivity index (χ0n) is 10.5. The SMILES string of the molecule is COc1cc(OC)cc(C(=O)N2CCC(Cl)C2)c1. The van der Waals surface area contributed by atoms with E-state index in [9.17, 15) is 4.79 Å². The second-order valence-electron chi connectivity index (χ2n) is 4.24. The number of hydrogen-bond acceptors (Lipinski definition) is 3. The van der Waals surface area contributed by atoms with Crippen molar-refractivity contribution < 1.29 is 14.3 Å². The fourth-order valence-electron chi connectivity index (χ4n) is 2.02. The summed E-state index contributed by atoms with van der Waals surface area (Å²) in [5.74, 6) is 1.19. The minimum absolute atomic E-state index is 0.0321. The van der Waals surface area contributed by atoms with Crippen LogP contribution in [-0.2, 0) is 0 Å². The van der Waals surface area contributed by atoms with Gasteiger partial charge in [-0.1, -0.05) is 0 Å². The van der Waals surface area contributed by atoms with Crippen molar-refractivity contribution in [3.8, 4) is 11.5 Å². The molecule has 18 heavy (non-hydrogen) atoms. The molecule has 1 aliphatic rings. The average molecular weight is 270 g/mol. The highest BCUT2D eigenvalue weighted by molar-refractivity contribution is 6.21. The van der Waals surface area contributed by atoms with Crippen molar-refractivity contribution in [2.75, 3.05) is 27.3 Å². The van der Waals surface area contributed by atoms with Crippen LogP contribution < -0.4 is 9.47 Å². The summed E-state index contributed by atoms with van der Waals surface area (Å²) < 4.78 is 10.3. The average Bonchev–Trinajstić information content (AvgIpc) is 2.83. The van der Waals surface area contributed by atoms with Crippen molar-refractivity contribution in [1.29, 1.82) is 0 Å². The van der Waals surface area contributed by atoms with E-state index in [4.69, 9.17) is 21.1 Å². The van der Waals surface area contributed by atoms with Gasteiger partial charge in [-0.25, -0.2) is 0 Å². The molecule has 0 radical (unpaired) electrons. The molecule has 1 atom stereocenters. The van der Waals surface area contributed by atoms with Crippen molar-refractivity contribution in [2.24, 2.45) is 0 Å². The van der Waals surface area contributed by atoms with Crippen molar-refractivity contribution >= 4 is 17.5 Å². The molecule has 4 nitrogen and oxygen atoms in total. The fourth-order valence-corrected chi connectivity index (χ4v) is 2.28. The zero-order valence-corrected chi connectivity index (χ0v) is 11.2. The van der Waals surface area contributed by atoms with Gasteiger partial charge in [0.2, 0.25) is 0 Å². The summed E-state index contributed by atoms with van der Waals surface area (Å²) in [5.41, 5.74) is 0.567. The topological polar surface area (TPSA) is 38.8 Å². The van der Waals surface area contributed by atoms with E-state index in [0.717, 1.165) is 6.42 Å². The normalized spacial score (nSPS) is 18.8. The number of benzene rings is 1. The lowest BCUT2D eigenvalue weighted by Crippen LogP contribution is -2.28. The first-order valence-electron chi connectivity index (χ1n) is 5.80. The summed E-state index contributed by atoms with van der Waals surface area (Å²) >= 11 is 6.01. The molecule has 1 aromatic carbocycles. The molecular weight excluding hydrogens is 254 g/mol. The lowest BCUT2D eigenvalue weighted by Gasteiger charge is -2.16. The van der Waals surface area contributed by atoms with Crippen molar-refractivity contribution in [3.05, 3.63) is 23.8 Å². The number of rotatable bonds is 3. The molecule has 0 aromatic heterocycles. The third-order valence-electron chi connectivity index (χ3n) is 3.02. The van der Waals surface area contributed by atoms with Gasteiger partial charge in [0.05, 0.1) is 19.6 Å². The Kier molecular flexibility index (Phi) is 3.97. The van der Waals surface area contributed by atoms with Crippen molar-refractivity contribution in [2.45, 2.75) is 11.8 Å². The minimum atomic E-state index is -0.0321. The van der Waals surface area contributed by atoms with Crippen LogP contribution in [0.1, 0.15) is 16.8 Å². The van der Waals surface area contributed by atoms with E-state index < -0.39 is 0 Å². The Hall–Kier alpha value is -1.42. The van der Waals surface area contributed by atoms with Gasteiger partial charge in [-0.2, -0.15) is 0 Å². The van der Waals surface area contributed by atoms with Gasteiger partial charge in [-0.15, -0.1) is 11.6 Å². The van der Waals surface area contributed by atoms with E-state index in [1.54, 1.807) is 37.3 Å². The number of likely N-dealkylation sites (tertiary alicyclic amines) is 1. The molecule has 98 valence electrons. The van der Waals surface area contributed by atoms with Crippen LogP contribution in [0, 0.1) is 0 Å². The van der Waals surface area contributed by atoms with Crippen LogP contribution in [0.3, 0.4) is 0 Å². The van der Waals surface area contributed by atoms with E-state index in [1.807, 2.05) is 0 Å². The Morgan fingerprint density at radius 3 is 2.33 bits per heavy atom. The second kappa shape index (κ2) is 5.48. The number of ether oxygens (including phenoxy) is 2. The Balaban J connectivity index is 2.24. The van der Waals surface area contributed by atoms with Gasteiger partial charge in [0.15, 0.2) is 0 Å². The van der Waals surface area contributed by atoms with Crippen LogP contribution >= 0.6 is 11.6 Å². The number of hydrogen-bond donors (Lipinski definition) is 0. The summed E-state index contributed by atoms with van der Waals surface area (Å²) in [4.78, 5) is 14.0. The van der Waals surface area contributed by atoms with Crippen molar-refractivity contribution in [1.82, 2.24) is 4.90 Å². The first-order valence-corrected chi connectivity index (χ1v) is 6.24. The van der Waals surface area contributed by atoms with Crippen LogP contribution in [-0.4, -0.2) is 43.5 Å². The molecule has 0 aliphatic carbocycles. The van der Waals surface area contributed by atoms with Crippen LogP contribution in [0.4, 0.5) is 0 Å². The highest BCUT2D eigenvalue weighted by atomic mass is 35.5. The maximum absolute atomic E-state index is 12.3.